The summed E-state index contributed by atoms with van der Waals surface area (Å²) in [7, 11) is 1.74. The minimum absolute atomic E-state index is 0.0596. The van der Waals surface area contributed by atoms with Gasteiger partial charge in [-0.25, -0.2) is 0 Å². The molecule has 20 heavy (non-hydrogen) atoms. The van der Waals surface area contributed by atoms with E-state index in [1.54, 1.807) is 30.9 Å². The molecule has 1 N–H and O–H groups in total. The normalized spacial score (nSPS) is 10.6. The fourth-order valence-corrected chi connectivity index (χ4v) is 1.91. The van der Waals surface area contributed by atoms with Crippen molar-refractivity contribution in [2.75, 3.05) is 5.32 Å². The van der Waals surface area contributed by atoms with E-state index in [1.807, 2.05) is 0 Å². The highest BCUT2D eigenvalue weighted by molar-refractivity contribution is 5.89. The van der Waals surface area contributed by atoms with Gasteiger partial charge in [0, 0.05) is 19.3 Å². The Morgan fingerprint density at radius 3 is 2.65 bits per heavy atom. The monoisotopic (exact) mass is 278 g/mol. The van der Waals surface area contributed by atoms with Gasteiger partial charge in [-0.15, -0.1) is 0 Å². The second-order valence-corrected chi connectivity index (χ2v) is 4.36. The van der Waals surface area contributed by atoms with E-state index in [4.69, 9.17) is 0 Å². The number of hydrogen-bond acceptors (Lipinski definition) is 5. The average molecular weight is 278 g/mol. The highest BCUT2D eigenvalue weighted by Gasteiger charge is 2.22. The fourth-order valence-electron chi connectivity index (χ4n) is 1.91. The molecule has 0 saturated carbocycles. The molecular formula is C11H14N6O3. The average Bonchev–Trinajstić information content (AvgIpc) is 2.84. The smallest absolute Gasteiger partial charge is 0.308 e. The Morgan fingerprint density at radius 2 is 2.15 bits per heavy atom. The van der Waals surface area contributed by atoms with Crippen molar-refractivity contribution in [3.63, 3.8) is 0 Å². The summed E-state index contributed by atoms with van der Waals surface area (Å²) >= 11 is 0. The maximum atomic E-state index is 11.8. The molecule has 1 amide bonds. The predicted molar refractivity (Wildman–Crippen MR) is 70.2 cm³/mol. The number of hydrogen-bond donors (Lipinski definition) is 1. The van der Waals surface area contributed by atoms with Gasteiger partial charge in [-0.05, 0) is 13.8 Å². The van der Waals surface area contributed by atoms with E-state index < -0.39 is 4.92 Å². The van der Waals surface area contributed by atoms with Crippen molar-refractivity contribution >= 4 is 17.4 Å². The predicted octanol–water partition coefficient (Wildman–Crippen LogP) is 0.780. The number of aromatic nitrogens is 4. The summed E-state index contributed by atoms with van der Waals surface area (Å²) in [5, 5.41) is 21.5. The van der Waals surface area contributed by atoms with Gasteiger partial charge >= 0.3 is 5.69 Å². The van der Waals surface area contributed by atoms with E-state index in [-0.39, 0.29) is 23.8 Å². The summed E-state index contributed by atoms with van der Waals surface area (Å²) in [4.78, 5) is 22.2. The van der Waals surface area contributed by atoms with E-state index in [1.165, 1.54) is 11.6 Å². The molecule has 0 aliphatic rings. The summed E-state index contributed by atoms with van der Waals surface area (Å²) in [6.07, 6.45) is 1.70. The first-order valence-corrected chi connectivity index (χ1v) is 5.86. The van der Waals surface area contributed by atoms with Crippen LogP contribution in [-0.4, -0.2) is 30.4 Å². The van der Waals surface area contributed by atoms with Crippen molar-refractivity contribution in [3.8, 4) is 0 Å². The molecule has 9 heteroatoms. The molecule has 0 fully saturated rings. The molecule has 0 saturated heterocycles. The van der Waals surface area contributed by atoms with Gasteiger partial charge in [0.25, 0.3) is 0 Å². The fraction of sp³-hybridized carbons (Fsp3) is 0.364. The lowest BCUT2D eigenvalue weighted by molar-refractivity contribution is -0.386. The van der Waals surface area contributed by atoms with Gasteiger partial charge in [0.2, 0.25) is 5.91 Å². The third kappa shape index (κ3) is 2.66. The van der Waals surface area contributed by atoms with Crippen LogP contribution in [0.5, 0.6) is 0 Å². The van der Waals surface area contributed by atoms with Crippen LogP contribution >= 0.6 is 0 Å². The Kier molecular flexibility index (Phi) is 3.51. The molecule has 2 aromatic heterocycles. The molecule has 0 radical (unpaired) electrons. The number of carbonyl (C=O) groups is 1. The molecule has 0 unspecified atom stereocenters. The van der Waals surface area contributed by atoms with E-state index in [0.29, 0.717) is 11.5 Å². The van der Waals surface area contributed by atoms with Gasteiger partial charge in [0.1, 0.15) is 17.9 Å². The summed E-state index contributed by atoms with van der Waals surface area (Å²) in [6, 6.07) is 1.65. The molecule has 0 bridgehead atoms. The first-order valence-electron chi connectivity index (χ1n) is 5.86. The van der Waals surface area contributed by atoms with Crippen molar-refractivity contribution in [1.29, 1.82) is 0 Å². The van der Waals surface area contributed by atoms with Gasteiger partial charge in [-0.2, -0.15) is 10.2 Å². The number of aryl methyl sites for hydroxylation is 2. The van der Waals surface area contributed by atoms with Crippen molar-refractivity contribution in [1.82, 2.24) is 19.6 Å². The number of nitro groups is 1. The number of carbonyl (C=O) groups excluding carboxylic acids is 1. The zero-order valence-corrected chi connectivity index (χ0v) is 11.3. The molecule has 2 rings (SSSR count). The maximum absolute atomic E-state index is 11.8. The highest BCUT2D eigenvalue weighted by Crippen LogP contribution is 2.21. The second kappa shape index (κ2) is 5.11. The van der Waals surface area contributed by atoms with Gasteiger partial charge in [0.15, 0.2) is 5.82 Å². The molecule has 9 nitrogen and oxygen atoms in total. The third-order valence-corrected chi connectivity index (χ3v) is 2.80. The number of rotatable bonds is 4. The molecule has 2 heterocycles. The maximum Gasteiger partial charge on any atom is 0.312 e. The largest absolute Gasteiger partial charge is 0.312 e. The standard InChI is InChI=1S/C11H14N6O3/c1-7-11(17(19)20)8(2)16(13-7)6-10(18)12-9-4-5-15(3)14-9/h4-5H,6H2,1-3H3,(H,12,14,18). The topological polar surface area (TPSA) is 108 Å². The Bertz CT molecular complexity index is 672. The number of nitrogens with zero attached hydrogens (tertiary/aromatic N) is 5. The van der Waals surface area contributed by atoms with Crippen LogP contribution in [0.3, 0.4) is 0 Å². The van der Waals surface area contributed by atoms with Crippen LogP contribution in [0.2, 0.25) is 0 Å². The number of amides is 1. The quantitative estimate of drug-likeness (QED) is 0.656. The zero-order chi connectivity index (χ0) is 14.9. The summed E-state index contributed by atoms with van der Waals surface area (Å²) < 4.78 is 2.87. The van der Waals surface area contributed by atoms with Crippen LogP contribution in [-0.2, 0) is 18.4 Å². The van der Waals surface area contributed by atoms with Crippen molar-refractivity contribution in [2.45, 2.75) is 20.4 Å². The van der Waals surface area contributed by atoms with Crippen LogP contribution in [0.4, 0.5) is 11.5 Å². The van der Waals surface area contributed by atoms with E-state index in [2.05, 4.69) is 15.5 Å². The van der Waals surface area contributed by atoms with E-state index in [9.17, 15) is 14.9 Å². The number of anilines is 1. The lowest BCUT2D eigenvalue weighted by Gasteiger charge is -2.03. The van der Waals surface area contributed by atoms with Crippen molar-refractivity contribution < 1.29 is 9.72 Å². The van der Waals surface area contributed by atoms with Gasteiger partial charge in [-0.1, -0.05) is 0 Å². The lowest BCUT2D eigenvalue weighted by Crippen LogP contribution is -2.20. The first kappa shape index (κ1) is 13.7. The SMILES string of the molecule is Cc1nn(CC(=O)Nc2ccn(C)n2)c(C)c1[N+](=O)[O-]. The van der Waals surface area contributed by atoms with Crippen LogP contribution in [0.1, 0.15) is 11.4 Å². The van der Waals surface area contributed by atoms with Gasteiger partial charge in [0.05, 0.1) is 4.92 Å². The van der Waals surface area contributed by atoms with Crippen molar-refractivity contribution in [2.24, 2.45) is 7.05 Å². The zero-order valence-electron chi connectivity index (χ0n) is 11.3. The first-order chi connectivity index (χ1) is 9.38. The molecule has 0 spiro atoms. The minimum Gasteiger partial charge on any atom is -0.308 e. The third-order valence-electron chi connectivity index (χ3n) is 2.80. The lowest BCUT2D eigenvalue weighted by atomic mass is 10.3. The van der Waals surface area contributed by atoms with Gasteiger partial charge < -0.3 is 5.32 Å². The molecule has 2 aromatic rings. The molecule has 0 aliphatic carbocycles. The molecule has 0 aliphatic heterocycles. The van der Waals surface area contributed by atoms with Crippen LogP contribution in [0.15, 0.2) is 12.3 Å². The molecule has 106 valence electrons. The van der Waals surface area contributed by atoms with Gasteiger partial charge in [-0.3, -0.25) is 24.3 Å². The molecular weight excluding hydrogens is 264 g/mol. The van der Waals surface area contributed by atoms with Crippen LogP contribution in [0.25, 0.3) is 0 Å². The summed E-state index contributed by atoms with van der Waals surface area (Å²) in [6.45, 7) is 3.00. The summed E-state index contributed by atoms with van der Waals surface area (Å²) in [5.74, 6) is 0.0812. The molecule has 0 aromatic carbocycles. The van der Waals surface area contributed by atoms with Crippen molar-refractivity contribution in [3.05, 3.63) is 33.8 Å². The minimum atomic E-state index is -0.495. The Labute approximate surface area is 114 Å². The van der Waals surface area contributed by atoms with Crippen LogP contribution in [0, 0.1) is 24.0 Å². The summed E-state index contributed by atoms with van der Waals surface area (Å²) in [5.41, 5.74) is 0.581. The van der Waals surface area contributed by atoms with E-state index in [0.717, 1.165) is 0 Å². The van der Waals surface area contributed by atoms with E-state index >= 15 is 0 Å². The van der Waals surface area contributed by atoms with Crippen LogP contribution < -0.4 is 5.32 Å². The Balaban J connectivity index is 2.12. The molecule has 0 atom stereocenters. The number of nitrogens with one attached hydrogen (secondary N) is 1. The Hall–Kier alpha value is -2.71. The highest BCUT2D eigenvalue weighted by atomic mass is 16.6. The Morgan fingerprint density at radius 1 is 1.45 bits per heavy atom. The second-order valence-electron chi connectivity index (χ2n) is 4.36.